The van der Waals surface area contributed by atoms with Gasteiger partial charge in [-0.3, -0.25) is 9.69 Å². The summed E-state index contributed by atoms with van der Waals surface area (Å²) in [6.07, 6.45) is 0.854. The number of carbonyl (C=O) groups excluding carboxylic acids is 1. The second-order valence-corrected chi connectivity index (χ2v) is 6.04. The zero-order chi connectivity index (χ0) is 16.2. The quantitative estimate of drug-likeness (QED) is 0.833. The Labute approximate surface area is 148 Å². The van der Waals surface area contributed by atoms with Crippen LogP contribution >= 0.6 is 12.4 Å². The Morgan fingerprint density at radius 3 is 2.83 bits per heavy atom. The molecule has 1 aromatic heterocycles. The van der Waals surface area contributed by atoms with Gasteiger partial charge in [0.1, 0.15) is 0 Å². The number of aromatic nitrogens is 2. The number of halogens is 1. The molecule has 1 aliphatic heterocycles. The molecule has 7 heteroatoms. The minimum absolute atomic E-state index is 0. The zero-order valence-corrected chi connectivity index (χ0v) is 14.8. The lowest BCUT2D eigenvalue weighted by Gasteiger charge is -2.30. The first-order valence-corrected chi connectivity index (χ1v) is 7.97. The standard InChI is InChI=1S/C17H22N4O2.ClH/c1-12-3-5-13(6-4-12)15(22)7-8-16-19-17(20-23-16)14-11-18-9-10-21(14)2;/h3-6,14,18H,7-11H2,1-2H3;1H. The van der Waals surface area contributed by atoms with E-state index in [-0.39, 0.29) is 24.2 Å². The Kier molecular flexibility index (Phi) is 6.48. The van der Waals surface area contributed by atoms with Crippen LogP contribution in [0.5, 0.6) is 0 Å². The van der Waals surface area contributed by atoms with Gasteiger partial charge in [0.25, 0.3) is 0 Å². The van der Waals surface area contributed by atoms with Crippen LogP contribution in [0.15, 0.2) is 28.8 Å². The van der Waals surface area contributed by atoms with Crippen LogP contribution in [0.4, 0.5) is 0 Å². The highest BCUT2D eigenvalue weighted by Crippen LogP contribution is 2.18. The van der Waals surface area contributed by atoms with E-state index in [2.05, 4.69) is 27.4 Å². The number of benzene rings is 1. The van der Waals surface area contributed by atoms with Gasteiger partial charge in [0.15, 0.2) is 11.6 Å². The molecule has 1 unspecified atom stereocenters. The first-order valence-electron chi connectivity index (χ1n) is 7.97. The molecule has 1 aromatic carbocycles. The van der Waals surface area contributed by atoms with Gasteiger partial charge in [0.05, 0.1) is 6.04 Å². The molecule has 3 rings (SSSR count). The molecule has 1 atom stereocenters. The molecule has 2 heterocycles. The summed E-state index contributed by atoms with van der Waals surface area (Å²) in [6, 6.07) is 7.75. The molecule has 0 saturated carbocycles. The van der Waals surface area contributed by atoms with Gasteiger partial charge in [-0.05, 0) is 14.0 Å². The highest BCUT2D eigenvalue weighted by atomic mass is 35.5. The summed E-state index contributed by atoms with van der Waals surface area (Å²) < 4.78 is 5.30. The van der Waals surface area contributed by atoms with Crippen molar-refractivity contribution in [1.82, 2.24) is 20.4 Å². The molecule has 1 aliphatic rings. The number of Topliss-reactive ketones (excluding diaryl/α,β-unsaturated/α-hetero) is 1. The van der Waals surface area contributed by atoms with Crippen LogP contribution in [0.25, 0.3) is 0 Å². The molecule has 0 spiro atoms. The number of hydrogen-bond acceptors (Lipinski definition) is 6. The summed E-state index contributed by atoms with van der Waals surface area (Å²) in [5.41, 5.74) is 1.87. The maximum Gasteiger partial charge on any atom is 0.227 e. The van der Waals surface area contributed by atoms with E-state index in [9.17, 15) is 4.79 Å². The van der Waals surface area contributed by atoms with E-state index in [0.29, 0.717) is 24.6 Å². The Morgan fingerprint density at radius 1 is 1.38 bits per heavy atom. The first kappa shape index (κ1) is 18.6. The van der Waals surface area contributed by atoms with E-state index in [1.807, 2.05) is 31.2 Å². The zero-order valence-electron chi connectivity index (χ0n) is 14.0. The Balaban J connectivity index is 0.00000208. The van der Waals surface area contributed by atoms with Crippen LogP contribution in [-0.4, -0.2) is 47.5 Å². The van der Waals surface area contributed by atoms with Crippen LogP contribution in [0.3, 0.4) is 0 Å². The van der Waals surface area contributed by atoms with Crippen LogP contribution in [0.2, 0.25) is 0 Å². The SMILES string of the molecule is Cc1ccc(C(=O)CCc2nc(C3CNCCN3C)no2)cc1.Cl. The molecular formula is C17H23ClN4O2. The van der Waals surface area contributed by atoms with Crippen LogP contribution < -0.4 is 5.32 Å². The second-order valence-electron chi connectivity index (χ2n) is 6.04. The van der Waals surface area contributed by atoms with E-state index in [1.54, 1.807) is 0 Å². The molecule has 0 amide bonds. The molecule has 1 N–H and O–H groups in total. The van der Waals surface area contributed by atoms with Gasteiger partial charge in [-0.15, -0.1) is 12.4 Å². The van der Waals surface area contributed by atoms with E-state index >= 15 is 0 Å². The van der Waals surface area contributed by atoms with E-state index < -0.39 is 0 Å². The molecule has 1 fully saturated rings. The summed E-state index contributed by atoms with van der Waals surface area (Å²) in [7, 11) is 2.06. The van der Waals surface area contributed by atoms with Crippen molar-refractivity contribution in [2.75, 3.05) is 26.7 Å². The van der Waals surface area contributed by atoms with Crippen molar-refractivity contribution < 1.29 is 9.32 Å². The van der Waals surface area contributed by atoms with Crippen molar-refractivity contribution in [2.45, 2.75) is 25.8 Å². The summed E-state index contributed by atoms with van der Waals surface area (Å²) >= 11 is 0. The maximum atomic E-state index is 12.2. The predicted octanol–water partition coefficient (Wildman–Crippen LogP) is 2.19. The van der Waals surface area contributed by atoms with E-state index in [0.717, 1.165) is 30.8 Å². The predicted molar refractivity (Wildman–Crippen MR) is 93.6 cm³/mol. The van der Waals surface area contributed by atoms with E-state index in [1.165, 1.54) is 0 Å². The Bertz CT molecular complexity index is 671. The van der Waals surface area contributed by atoms with Gasteiger partial charge >= 0.3 is 0 Å². The third-order valence-electron chi connectivity index (χ3n) is 4.23. The average molecular weight is 351 g/mol. The number of nitrogens with zero attached hydrogens (tertiary/aromatic N) is 3. The van der Waals surface area contributed by atoms with Crippen molar-refractivity contribution in [3.05, 3.63) is 47.1 Å². The number of rotatable bonds is 5. The number of ketones is 1. The van der Waals surface area contributed by atoms with Crippen molar-refractivity contribution in [3.8, 4) is 0 Å². The number of piperazine rings is 1. The van der Waals surface area contributed by atoms with Gasteiger partial charge in [0.2, 0.25) is 5.89 Å². The fraction of sp³-hybridized carbons (Fsp3) is 0.471. The molecule has 24 heavy (non-hydrogen) atoms. The van der Waals surface area contributed by atoms with Gasteiger partial charge in [0, 0.05) is 38.0 Å². The van der Waals surface area contributed by atoms with Crippen LogP contribution in [-0.2, 0) is 6.42 Å². The maximum absolute atomic E-state index is 12.2. The minimum Gasteiger partial charge on any atom is -0.339 e. The number of hydrogen-bond donors (Lipinski definition) is 1. The topological polar surface area (TPSA) is 71.3 Å². The van der Waals surface area contributed by atoms with Gasteiger partial charge in [-0.2, -0.15) is 4.98 Å². The molecule has 0 radical (unpaired) electrons. The number of nitrogens with one attached hydrogen (secondary N) is 1. The van der Waals surface area contributed by atoms with Gasteiger partial charge < -0.3 is 9.84 Å². The lowest BCUT2D eigenvalue weighted by Crippen LogP contribution is -2.44. The molecule has 0 bridgehead atoms. The first-order chi connectivity index (χ1) is 11.1. The fourth-order valence-corrected chi connectivity index (χ4v) is 2.70. The highest BCUT2D eigenvalue weighted by molar-refractivity contribution is 5.96. The molecule has 130 valence electrons. The normalized spacial score (nSPS) is 18.2. The summed E-state index contributed by atoms with van der Waals surface area (Å²) in [6.45, 7) is 4.76. The van der Waals surface area contributed by atoms with Crippen LogP contribution in [0.1, 0.15) is 40.1 Å². The molecule has 6 nitrogen and oxygen atoms in total. The average Bonchev–Trinajstić information content (AvgIpc) is 3.02. The lowest BCUT2D eigenvalue weighted by atomic mass is 10.1. The molecule has 1 saturated heterocycles. The smallest absolute Gasteiger partial charge is 0.227 e. The van der Waals surface area contributed by atoms with E-state index in [4.69, 9.17) is 4.52 Å². The molecular weight excluding hydrogens is 328 g/mol. The Hall–Kier alpha value is -1.76. The summed E-state index contributed by atoms with van der Waals surface area (Å²) in [5.74, 6) is 1.32. The fourth-order valence-electron chi connectivity index (χ4n) is 2.70. The Morgan fingerprint density at radius 2 is 2.12 bits per heavy atom. The second kappa shape index (κ2) is 8.37. The molecule has 2 aromatic rings. The summed E-state index contributed by atoms with van der Waals surface area (Å²) in [4.78, 5) is 18.8. The van der Waals surface area contributed by atoms with Crippen LogP contribution in [0, 0.1) is 6.92 Å². The number of aryl methyl sites for hydroxylation is 2. The van der Waals surface area contributed by atoms with Gasteiger partial charge in [-0.1, -0.05) is 35.0 Å². The van der Waals surface area contributed by atoms with Gasteiger partial charge in [-0.25, -0.2) is 0 Å². The number of likely N-dealkylation sites (N-methyl/N-ethyl adjacent to an activating group) is 1. The number of carbonyl (C=O) groups is 1. The van der Waals surface area contributed by atoms with Crippen molar-refractivity contribution in [1.29, 1.82) is 0 Å². The highest BCUT2D eigenvalue weighted by Gasteiger charge is 2.25. The third kappa shape index (κ3) is 4.41. The lowest BCUT2D eigenvalue weighted by molar-refractivity contribution is 0.0979. The third-order valence-corrected chi connectivity index (χ3v) is 4.23. The summed E-state index contributed by atoms with van der Waals surface area (Å²) in [5, 5.41) is 7.41. The van der Waals surface area contributed by atoms with Crippen molar-refractivity contribution in [3.63, 3.8) is 0 Å². The van der Waals surface area contributed by atoms with Crippen molar-refractivity contribution in [2.24, 2.45) is 0 Å². The monoisotopic (exact) mass is 350 g/mol. The molecule has 0 aliphatic carbocycles. The minimum atomic E-state index is 0. The largest absolute Gasteiger partial charge is 0.339 e. The van der Waals surface area contributed by atoms with Crippen molar-refractivity contribution >= 4 is 18.2 Å².